The molecule has 0 heterocycles. The lowest BCUT2D eigenvalue weighted by molar-refractivity contribution is -0.158. The predicted molar refractivity (Wildman–Crippen MR) is 119 cm³/mol. The molecule has 0 aliphatic heterocycles. The summed E-state index contributed by atoms with van der Waals surface area (Å²) in [5.41, 5.74) is 0.155. The highest BCUT2D eigenvalue weighted by Gasteiger charge is 2.42. The molecule has 158 valence electrons. The number of hydrogen-bond acceptors (Lipinski definition) is 4. The second-order valence-electron chi connectivity index (χ2n) is 8.93. The minimum Gasteiger partial charge on any atom is -0.459 e. The Morgan fingerprint density at radius 2 is 1.80 bits per heavy atom. The van der Waals surface area contributed by atoms with E-state index in [0.717, 1.165) is 24.0 Å². The first-order valence-electron chi connectivity index (χ1n) is 10.6. The van der Waals surface area contributed by atoms with Crippen LogP contribution < -0.4 is 5.32 Å². The molecule has 30 heavy (non-hydrogen) atoms. The molecular weight excluding hydrogens is 374 g/mol. The van der Waals surface area contributed by atoms with Gasteiger partial charge in [-0.05, 0) is 64.2 Å². The lowest BCUT2D eigenvalue weighted by Crippen LogP contribution is -2.54. The van der Waals surface area contributed by atoms with E-state index in [2.05, 4.69) is 17.2 Å². The Hall–Kier alpha value is -2.61. The van der Waals surface area contributed by atoms with Crippen LogP contribution in [0.3, 0.4) is 0 Å². The first-order valence-corrected chi connectivity index (χ1v) is 10.6. The van der Waals surface area contributed by atoms with Gasteiger partial charge in [0.15, 0.2) is 0 Å². The Morgan fingerprint density at radius 1 is 1.17 bits per heavy atom. The van der Waals surface area contributed by atoms with E-state index in [0.29, 0.717) is 12.8 Å². The van der Waals surface area contributed by atoms with Crippen molar-refractivity contribution in [3.8, 4) is 11.8 Å². The second-order valence-corrected chi connectivity index (χ2v) is 8.93. The minimum atomic E-state index is -1.17. The van der Waals surface area contributed by atoms with Gasteiger partial charge in [-0.15, -0.1) is 0 Å². The smallest absolute Gasteiger partial charge is 0.324 e. The maximum Gasteiger partial charge on any atom is 0.324 e. The van der Waals surface area contributed by atoms with Crippen molar-refractivity contribution in [3.63, 3.8) is 0 Å². The Balaban J connectivity index is 1.79. The van der Waals surface area contributed by atoms with Crippen LogP contribution in [-0.2, 0) is 16.0 Å². The Labute approximate surface area is 179 Å². The number of nitrogens with one attached hydrogen (secondary N) is 1. The highest BCUT2D eigenvalue weighted by molar-refractivity contribution is 5.76. The van der Waals surface area contributed by atoms with Crippen LogP contribution in [-0.4, -0.2) is 34.4 Å². The van der Waals surface area contributed by atoms with Crippen LogP contribution in [0.2, 0.25) is 0 Å². The largest absolute Gasteiger partial charge is 0.459 e. The molecule has 1 fully saturated rings. The van der Waals surface area contributed by atoms with Gasteiger partial charge < -0.3 is 9.84 Å². The summed E-state index contributed by atoms with van der Waals surface area (Å²) in [5.74, 6) is 5.85. The van der Waals surface area contributed by atoms with Crippen molar-refractivity contribution in [1.82, 2.24) is 5.32 Å². The van der Waals surface area contributed by atoms with Crippen molar-refractivity contribution in [2.24, 2.45) is 0 Å². The van der Waals surface area contributed by atoms with E-state index in [1.165, 1.54) is 0 Å². The number of carbonyl (C=O) groups is 1. The molecule has 0 amide bonds. The van der Waals surface area contributed by atoms with Crippen molar-refractivity contribution in [2.75, 3.05) is 0 Å². The van der Waals surface area contributed by atoms with Crippen LogP contribution in [0.5, 0.6) is 0 Å². The van der Waals surface area contributed by atoms with Crippen LogP contribution in [0.25, 0.3) is 0 Å². The molecule has 2 aromatic rings. The van der Waals surface area contributed by atoms with Crippen molar-refractivity contribution in [1.29, 1.82) is 0 Å². The summed E-state index contributed by atoms with van der Waals surface area (Å²) in [6.07, 6.45) is 2.68. The molecule has 4 nitrogen and oxygen atoms in total. The third-order valence-electron chi connectivity index (χ3n) is 5.20. The Morgan fingerprint density at radius 3 is 2.43 bits per heavy atom. The number of carbonyl (C=O) groups excluding carboxylic acids is 1. The van der Waals surface area contributed by atoms with E-state index in [-0.39, 0.29) is 12.0 Å². The molecule has 0 saturated heterocycles. The molecule has 0 unspecified atom stereocenters. The summed E-state index contributed by atoms with van der Waals surface area (Å²) in [5, 5.41) is 14.6. The average molecular weight is 406 g/mol. The number of benzene rings is 2. The molecule has 3 atom stereocenters. The highest BCUT2D eigenvalue weighted by Crippen LogP contribution is 2.30. The molecule has 4 heteroatoms. The van der Waals surface area contributed by atoms with Gasteiger partial charge in [-0.3, -0.25) is 10.1 Å². The van der Waals surface area contributed by atoms with Crippen LogP contribution in [0.1, 0.15) is 51.2 Å². The van der Waals surface area contributed by atoms with Gasteiger partial charge in [0.05, 0.1) is 0 Å². The van der Waals surface area contributed by atoms with Crippen LogP contribution in [0.4, 0.5) is 0 Å². The minimum absolute atomic E-state index is 0.296. The third kappa shape index (κ3) is 6.19. The van der Waals surface area contributed by atoms with Gasteiger partial charge in [-0.25, -0.2) is 0 Å². The van der Waals surface area contributed by atoms with Crippen LogP contribution >= 0.6 is 0 Å². The lowest BCUT2D eigenvalue weighted by atomic mass is 9.95. The van der Waals surface area contributed by atoms with E-state index in [1.807, 2.05) is 81.4 Å². The first-order chi connectivity index (χ1) is 14.3. The van der Waals surface area contributed by atoms with E-state index >= 15 is 0 Å². The highest BCUT2D eigenvalue weighted by atomic mass is 16.6. The van der Waals surface area contributed by atoms with E-state index in [1.54, 1.807) is 0 Å². The maximum atomic E-state index is 12.9. The number of aliphatic hydroxyl groups is 1. The molecule has 2 N–H and O–H groups in total. The van der Waals surface area contributed by atoms with Gasteiger partial charge in [0, 0.05) is 11.6 Å². The zero-order chi connectivity index (χ0) is 21.6. The summed E-state index contributed by atoms with van der Waals surface area (Å²) >= 11 is 0. The fourth-order valence-corrected chi connectivity index (χ4v) is 3.74. The van der Waals surface area contributed by atoms with E-state index in [4.69, 9.17) is 4.74 Å². The Bertz CT molecular complexity index is 893. The summed E-state index contributed by atoms with van der Waals surface area (Å²) in [7, 11) is 0. The first kappa shape index (κ1) is 22.1. The summed E-state index contributed by atoms with van der Waals surface area (Å²) < 4.78 is 5.66. The SMILES string of the molecule is CC(C)(C)OC(=O)[C@H](Cc1ccccc1)N[C@@H]1CCC[C@]1(O)C#Cc1ccccc1. The number of ether oxygens (including phenoxy) is 1. The molecule has 1 aliphatic rings. The van der Waals surface area contributed by atoms with Crippen molar-refractivity contribution >= 4 is 5.97 Å². The molecule has 0 spiro atoms. The number of esters is 1. The molecule has 2 aromatic carbocycles. The second kappa shape index (κ2) is 9.47. The fourth-order valence-electron chi connectivity index (χ4n) is 3.74. The molecule has 1 saturated carbocycles. The average Bonchev–Trinajstić information content (AvgIpc) is 3.07. The lowest BCUT2D eigenvalue weighted by Gasteiger charge is -2.31. The molecule has 0 bridgehead atoms. The predicted octanol–water partition coefficient (Wildman–Crippen LogP) is 3.86. The number of rotatable bonds is 5. The Kier molecular flexibility index (Phi) is 6.97. The van der Waals surface area contributed by atoms with Gasteiger partial charge in [0.1, 0.15) is 17.2 Å². The zero-order valence-corrected chi connectivity index (χ0v) is 18.0. The van der Waals surface area contributed by atoms with Crippen LogP contribution in [0.15, 0.2) is 60.7 Å². The zero-order valence-electron chi connectivity index (χ0n) is 18.0. The van der Waals surface area contributed by atoms with Crippen molar-refractivity contribution in [2.45, 2.75) is 69.7 Å². The van der Waals surface area contributed by atoms with Gasteiger partial charge >= 0.3 is 5.97 Å². The molecule has 1 aliphatic carbocycles. The van der Waals surface area contributed by atoms with Crippen LogP contribution in [0, 0.1) is 11.8 Å². The quantitative estimate of drug-likeness (QED) is 0.586. The monoisotopic (exact) mass is 405 g/mol. The van der Waals surface area contributed by atoms with E-state index < -0.39 is 17.2 Å². The number of hydrogen-bond donors (Lipinski definition) is 2. The fraction of sp³-hybridized carbons (Fsp3) is 0.423. The van der Waals surface area contributed by atoms with Gasteiger partial charge in [0.25, 0.3) is 0 Å². The molecule has 0 radical (unpaired) electrons. The van der Waals surface area contributed by atoms with Gasteiger partial charge in [-0.1, -0.05) is 60.4 Å². The third-order valence-corrected chi connectivity index (χ3v) is 5.20. The standard InChI is InChI=1S/C26H31NO3/c1-25(2,3)30-24(28)22(19-21-13-8-5-9-14-21)27-23-15-10-17-26(23,29)18-16-20-11-6-4-7-12-20/h4-9,11-14,22-23,27,29H,10,15,17,19H2,1-3H3/t22-,23+,26-/m0/s1. The summed E-state index contributed by atoms with van der Waals surface area (Å²) in [6, 6.07) is 18.6. The van der Waals surface area contributed by atoms with Gasteiger partial charge in [-0.2, -0.15) is 0 Å². The topological polar surface area (TPSA) is 58.6 Å². The van der Waals surface area contributed by atoms with Crippen molar-refractivity contribution < 1.29 is 14.6 Å². The molecule has 0 aromatic heterocycles. The van der Waals surface area contributed by atoms with E-state index in [9.17, 15) is 9.90 Å². The van der Waals surface area contributed by atoms with Gasteiger partial charge in [0.2, 0.25) is 0 Å². The maximum absolute atomic E-state index is 12.9. The molecule has 3 rings (SSSR count). The summed E-state index contributed by atoms with van der Waals surface area (Å²) in [6.45, 7) is 5.59. The molecular formula is C26H31NO3. The summed E-state index contributed by atoms with van der Waals surface area (Å²) in [4.78, 5) is 12.9. The van der Waals surface area contributed by atoms with Crippen molar-refractivity contribution in [3.05, 3.63) is 71.8 Å². The normalized spacial score (nSPS) is 22.1.